The number of rotatable bonds is 9. The van der Waals surface area contributed by atoms with E-state index in [1.807, 2.05) is 26.8 Å². The topological polar surface area (TPSA) is 99.7 Å². The molecule has 0 bridgehead atoms. The summed E-state index contributed by atoms with van der Waals surface area (Å²) in [6.07, 6.45) is 2.18. The minimum absolute atomic E-state index is 0.0856. The van der Waals surface area contributed by atoms with Crippen LogP contribution >= 0.6 is 11.6 Å². The summed E-state index contributed by atoms with van der Waals surface area (Å²) in [4.78, 5) is 29.5. The number of anilines is 1. The van der Waals surface area contributed by atoms with Gasteiger partial charge in [-0.2, -0.15) is 0 Å². The van der Waals surface area contributed by atoms with Crippen molar-refractivity contribution in [3.05, 3.63) is 53.2 Å². The number of carbonyl (C=O) groups is 2. The van der Waals surface area contributed by atoms with Gasteiger partial charge in [0.1, 0.15) is 5.60 Å². The van der Waals surface area contributed by atoms with Gasteiger partial charge in [-0.05, 0) is 57.7 Å². The minimum atomic E-state index is -0.579. The Labute approximate surface area is 212 Å². The molecule has 0 radical (unpaired) electrons. The molecule has 2 aromatic rings. The summed E-state index contributed by atoms with van der Waals surface area (Å²) >= 11 is 5.71. The molecule has 1 aromatic heterocycles. The molecule has 1 aliphatic heterocycles. The van der Waals surface area contributed by atoms with E-state index in [2.05, 4.69) is 50.2 Å². The van der Waals surface area contributed by atoms with Crippen LogP contribution in [0, 0.1) is 0 Å². The Morgan fingerprint density at radius 1 is 1.11 bits per heavy atom. The van der Waals surface area contributed by atoms with Crippen LogP contribution in [0.25, 0.3) is 0 Å². The van der Waals surface area contributed by atoms with E-state index in [0.717, 1.165) is 32.5 Å². The second kappa shape index (κ2) is 12.7. The number of aromatic nitrogens is 2. The smallest absolute Gasteiger partial charge is 0.410 e. The molecule has 0 saturated carbocycles. The molecule has 3 rings (SSSR count). The van der Waals surface area contributed by atoms with Crippen LogP contribution in [-0.4, -0.2) is 63.3 Å². The van der Waals surface area contributed by atoms with Crippen molar-refractivity contribution < 1.29 is 14.3 Å². The Hall–Kier alpha value is -2.91. The molecule has 9 nitrogen and oxygen atoms in total. The first-order valence-corrected chi connectivity index (χ1v) is 12.4. The quantitative estimate of drug-likeness (QED) is 0.494. The van der Waals surface area contributed by atoms with Crippen molar-refractivity contribution in [3.8, 4) is 0 Å². The average molecular weight is 503 g/mol. The zero-order valence-corrected chi connectivity index (χ0v) is 21.4. The fraction of sp³-hybridized carbons (Fsp3) is 0.520. The van der Waals surface area contributed by atoms with Gasteiger partial charge in [0.25, 0.3) is 0 Å². The maximum Gasteiger partial charge on any atom is 0.410 e. The standard InChI is InChI=1S/C25H35ClN6O3/c1-25(2,3)35-24(34)32(15-7-10-23(33)30-29-22-12-11-21(26)27-28-22)20-13-16-31(17-14-20)18-19-8-5-4-6-9-19/h4-6,8-9,11-12,20H,7,10,13-18H2,1-3H3,(H,28,29)(H,30,33). The van der Waals surface area contributed by atoms with Gasteiger partial charge in [0, 0.05) is 38.6 Å². The van der Waals surface area contributed by atoms with Gasteiger partial charge < -0.3 is 9.64 Å². The van der Waals surface area contributed by atoms with Crippen LogP contribution < -0.4 is 10.9 Å². The number of ether oxygens (including phenoxy) is 1. The lowest BCUT2D eigenvalue weighted by molar-refractivity contribution is -0.120. The van der Waals surface area contributed by atoms with E-state index in [-0.39, 0.29) is 29.6 Å². The van der Waals surface area contributed by atoms with E-state index in [0.29, 0.717) is 18.8 Å². The summed E-state index contributed by atoms with van der Waals surface area (Å²) in [5.74, 6) is 0.184. The highest BCUT2D eigenvalue weighted by atomic mass is 35.5. The molecule has 1 saturated heterocycles. The van der Waals surface area contributed by atoms with E-state index in [1.165, 1.54) is 5.56 Å². The number of carbonyl (C=O) groups excluding carboxylic acids is 2. The molecule has 0 atom stereocenters. The third-order valence-corrected chi connectivity index (χ3v) is 5.84. The van der Waals surface area contributed by atoms with Crippen molar-refractivity contribution in [1.29, 1.82) is 0 Å². The zero-order valence-electron chi connectivity index (χ0n) is 20.7. The normalized spacial score (nSPS) is 14.9. The SMILES string of the molecule is CC(C)(C)OC(=O)N(CCCC(=O)NNc1ccc(Cl)nn1)C1CCN(Cc2ccccc2)CC1. The second-order valence-corrected chi connectivity index (χ2v) is 10.1. The van der Waals surface area contributed by atoms with Gasteiger partial charge in [-0.25, -0.2) is 4.79 Å². The molecule has 2 heterocycles. The average Bonchev–Trinajstić information content (AvgIpc) is 2.82. The Morgan fingerprint density at radius 3 is 2.46 bits per heavy atom. The predicted octanol–water partition coefficient (Wildman–Crippen LogP) is 4.26. The molecule has 0 spiro atoms. The molecule has 2 N–H and O–H groups in total. The number of nitrogens with zero attached hydrogens (tertiary/aromatic N) is 4. The number of halogens is 1. The molecule has 0 unspecified atom stereocenters. The fourth-order valence-electron chi connectivity index (χ4n) is 3.96. The Kier molecular flexibility index (Phi) is 9.68. The number of nitrogens with one attached hydrogen (secondary N) is 2. The van der Waals surface area contributed by atoms with Crippen LogP contribution in [0.2, 0.25) is 5.15 Å². The number of hydrazine groups is 1. The van der Waals surface area contributed by atoms with Crippen molar-refractivity contribution >= 4 is 29.4 Å². The van der Waals surface area contributed by atoms with E-state index >= 15 is 0 Å². The van der Waals surface area contributed by atoms with Crippen molar-refractivity contribution in [2.45, 2.75) is 64.6 Å². The maximum atomic E-state index is 13.0. The van der Waals surface area contributed by atoms with Gasteiger partial charge in [0.05, 0.1) is 0 Å². The maximum absolute atomic E-state index is 13.0. The first kappa shape index (κ1) is 26.7. The van der Waals surface area contributed by atoms with E-state index < -0.39 is 5.60 Å². The van der Waals surface area contributed by atoms with Crippen LogP contribution in [0.4, 0.5) is 10.6 Å². The molecule has 2 amide bonds. The van der Waals surface area contributed by atoms with Crippen molar-refractivity contribution in [3.63, 3.8) is 0 Å². The third kappa shape index (κ3) is 9.33. The minimum Gasteiger partial charge on any atom is -0.444 e. The van der Waals surface area contributed by atoms with E-state index in [9.17, 15) is 9.59 Å². The molecule has 0 aliphatic carbocycles. The first-order chi connectivity index (χ1) is 16.7. The van der Waals surface area contributed by atoms with Gasteiger partial charge in [0.2, 0.25) is 5.91 Å². The van der Waals surface area contributed by atoms with Gasteiger partial charge >= 0.3 is 6.09 Å². The van der Waals surface area contributed by atoms with Crippen molar-refractivity contribution in [2.75, 3.05) is 25.1 Å². The van der Waals surface area contributed by atoms with E-state index in [1.54, 1.807) is 17.0 Å². The Balaban J connectivity index is 1.49. The van der Waals surface area contributed by atoms with Crippen molar-refractivity contribution in [1.82, 2.24) is 25.4 Å². The monoisotopic (exact) mass is 502 g/mol. The largest absolute Gasteiger partial charge is 0.444 e. The highest BCUT2D eigenvalue weighted by Gasteiger charge is 2.31. The molecule has 10 heteroatoms. The summed E-state index contributed by atoms with van der Waals surface area (Å²) < 4.78 is 5.68. The lowest BCUT2D eigenvalue weighted by Crippen LogP contribution is -2.49. The van der Waals surface area contributed by atoms with Gasteiger partial charge in [-0.1, -0.05) is 41.9 Å². The van der Waals surface area contributed by atoms with Crippen LogP contribution in [0.15, 0.2) is 42.5 Å². The lowest BCUT2D eigenvalue weighted by atomic mass is 10.0. The first-order valence-electron chi connectivity index (χ1n) is 12.0. The fourth-order valence-corrected chi connectivity index (χ4v) is 4.06. The summed E-state index contributed by atoms with van der Waals surface area (Å²) in [7, 11) is 0. The van der Waals surface area contributed by atoms with Crippen LogP contribution in [-0.2, 0) is 16.1 Å². The molecule has 1 aromatic carbocycles. The Morgan fingerprint density at radius 2 is 1.83 bits per heavy atom. The number of hydrogen-bond acceptors (Lipinski definition) is 7. The summed E-state index contributed by atoms with van der Waals surface area (Å²) in [5, 5.41) is 7.81. The van der Waals surface area contributed by atoms with Gasteiger partial charge in [-0.15, -0.1) is 10.2 Å². The number of piperidine rings is 1. The summed E-state index contributed by atoms with van der Waals surface area (Å²) in [6.45, 7) is 8.77. The van der Waals surface area contributed by atoms with Gasteiger partial charge in [-0.3, -0.25) is 20.5 Å². The molecular weight excluding hydrogens is 468 g/mol. The zero-order chi connectivity index (χ0) is 25.3. The number of likely N-dealkylation sites (tertiary alicyclic amines) is 1. The van der Waals surface area contributed by atoms with Crippen LogP contribution in [0.3, 0.4) is 0 Å². The molecule has 1 fully saturated rings. The number of amides is 2. The lowest BCUT2D eigenvalue weighted by Gasteiger charge is -2.39. The highest BCUT2D eigenvalue weighted by molar-refractivity contribution is 6.29. The Bertz CT molecular complexity index is 944. The van der Waals surface area contributed by atoms with Crippen molar-refractivity contribution in [2.24, 2.45) is 0 Å². The molecular formula is C25H35ClN6O3. The third-order valence-electron chi connectivity index (χ3n) is 5.64. The van der Waals surface area contributed by atoms with Crippen LogP contribution in [0.5, 0.6) is 0 Å². The number of hydrogen-bond donors (Lipinski definition) is 2. The summed E-state index contributed by atoms with van der Waals surface area (Å²) in [6, 6.07) is 13.7. The number of benzene rings is 1. The molecule has 35 heavy (non-hydrogen) atoms. The highest BCUT2D eigenvalue weighted by Crippen LogP contribution is 2.22. The molecule has 1 aliphatic rings. The van der Waals surface area contributed by atoms with E-state index in [4.69, 9.17) is 16.3 Å². The summed E-state index contributed by atoms with van der Waals surface area (Å²) in [5.41, 5.74) is 6.01. The molecule has 190 valence electrons. The van der Waals surface area contributed by atoms with Gasteiger partial charge in [0.15, 0.2) is 11.0 Å². The van der Waals surface area contributed by atoms with Crippen LogP contribution in [0.1, 0.15) is 52.0 Å². The predicted molar refractivity (Wildman–Crippen MR) is 136 cm³/mol. The second-order valence-electron chi connectivity index (χ2n) is 9.68.